The zero-order chi connectivity index (χ0) is 11.3. The van der Waals surface area contributed by atoms with E-state index in [9.17, 15) is 4.79 Å². The van der Waals surface area contributed by atoms with Crippen molar-refractivity contribution in [2.75, 3.05) is 0 Å². The Morgan fingerprint density at radius 1 is 1.40 bits per heavy atom. The number of hydrogen-bond acceptors (Lipinski definition) is 2. The summed E-state index contributed by atoms with van der Waals surface area (Å²) >= 11 is 0. The smallest absolute Gasteiger partial charge is 0.338 e. The van der Waals surface area contributed by atoms with Crippen LogP contribution in [0.5, 0.6) is 0 Å². The maximum Gasteiger partial charge on any atom is 0.338 e. The third-order valence-corrected chi connectivity index (χ3v) is 2.71. The van der Waals surface area contributed by atoms with E-state index >= 15 is 0 Å². The fraction of sp³-hybridized carbons (Fsp3) is 0.615. The van der Waals surface area contributed by atoms with E-state index in [1.165, 1.54) is 18.4 Å². The third-order valence-electron chi connectivity index (χ3n) is 2.71. The maximum absolute atomic E-state index is 11.1. The van der Waals surface area contributed by atoms with Crippen molar-refractivity contribution in [1.82, 2.24) is 0 Å². The van der Waals surface area contributed by atoms with Gasteiger partial charge in [0.15, 0.2) is 0 Å². The second-order valence-corrected chi connectivity index (χ2v) is 3.93. The summed E-state index contributed by atoms with van der Waals surface area (Å²) in [5.41, 5.74) is 1.97. The molecule has 0 fully saturated rings. The van der Waals surface area contributed by atoms with Crippen LogP contribution in [0.15, 0.2) is 23.3 Å². The van der Waals surface area contributed by atoms with Crippen molar-refractivity contribution in [1.29, 1.82) is 0 Å². The predicted molar refractivity (Wildman–Crippen MR) is 61.5 cm³/mol. The Labute approximate surface area is 92.0 Å². The van der Waals surface area contributed by atoms with E-state index in [0.29, 0.717) is 0 Å². The SMILES string of the molecule is CC1OC(=O)C2=C1CCC=C2.CCCC. The molecule has 0 aromatic heterocycles. The van der Waals surface area contributed by atoms with Crippen LogP contribution in [-0.4, -0.2) is 12.1 Å². The monoisotopic (exact) mass is 208 g/mol. The molecule has 1 aliphatic heterocycles. The Morgan fingerprint density at radius 3 is 2.60 bits per heavy atom. The summed E-state index contributed by atoms with van der Waals surface area (Å²) in [7, 11) is 0. The van der Waals surface area contributed by atoms with Gasteiger partial charge >= 0.3 is 5.97 Å². The lowest BCUT2D eigenvalue weighted by Crippen LogP contribution is -2.05. The lowest BCUT2D eigenvalue weighted by Gasteiger charge is -2.08. The molecule has 0 spiro atoms. The van der Waals surface area contributed by atoms with Gasteiger partial charge in [0.05, 0.1) is 5.57 Å². The van der Waals surface area contributed by atoms with Crippen LogP contribution in [0.2, 0.25) is 0 Å². The molecule has 0 bridgehead atoms. The van der Waals surface area contributed by atoms with Crippen LogP contribution < -0.4 is 0 Å². The summed E-state index contributed by atoms with van der Waals surface area (Å²) in [6.45, 7) is 6.29. The molecule has 0 aromatic carbocycles. The summed E-state index contributed by atoms with van der Waals surface area (Å²) in [4.78, 5) is 11.1. The molecule has 2 nitrogen and oxygen atoms in total. The van der Waals surface area contributed by atoms with Crippen molar-refractivity contribution >= 4 is 5.97 Å². The third kappa shape index (κ3) is 2.95. The Hall–Kier alpha value is -1.05. The van der Waals surface area contributed by atoms with Gasteiger partial charge in [-0.2, -0.15) is 0 Å². The van der Waals surface area contributed by atoms with Gasteiger partial charge < -0.3 is 4.74 Å². The summed E-state index contributed by atoms with van der Waals surface area (Å²) < 4.78 is 5.04. The maximum atomic E-state index is 11.1. The predicted octanol–water partition coefficient (Wildman–Crippen LogP) is 3.38. The van der Waals surface area contributed by atoms with E-state index in [4.69, 9.17) is 4.74 Å². The summed E-state index contributed by atoms with van der Waals surface area (Å²) in [5, 5.41) is 0. The standard InChI is InChI=1S/C9H10O2.C4H10/c1-6-7-4-2-3-5-8(7)9(10)11-6;1-3-4-2/h3,5-6H,2,4H2,1H3;3-4H2,1-2H3. The first-order chi connectivity index (χ1) is 7.20. The fourth-order valence-corrected chi connectivity index (χ4v) is 1.60. The number of carbonyl (C=O) groups is 1. The van der Waals surface area contributed by atoms with Crippen molar-refractivity contribution in [3.63, 3.8) is 0 Å². The highest BCUT2D eigenvalue weighted by Crippen LogP contribution is 2.30. The Bertz CT molecular complexity index is 285. The zero-order valence-corrected chi connectivity index (χ0v) is 9.88. The molecule has 1 aliphatic carbocycles. The summed E-state index contributed by atoms with van der Waals surface area (Å²) in [6, 6.07) is 0. The molecule has 2 aliphatic rings. The Morgan fingerprint density at radius 2 is 2.07 bits per heavy atom. The topological polar surface area (TPSA) is 26.3 Å². The average Bonchev–Trinajstić information content (AvgIpc) is 2.56. The molecular weight excluding hydrogens is 188 g/mol. The zero-order valence-electron chi connectivity index (χ0n) is 9.88. The number of unbranched alkanes of at least 4 members (excludes halogenated alkanes) is 1. The highest BCUT2D eigenvalue weighted by Gasteiger charge is 2.29. The van der Waals surface area contributed by atoms with Gasteiger partial charge in [0.25, 0.3) is 0 Å². The van der Waals surface area contributed by atoms with E-state index in [-0.39, 0.29) is 12.1 Å². The average molecular weight is 208 g/mol. The largest absolute Gasteiger partial charge is 0.455 e. The minimum Gasteiger partial charge on any atom is -0.455 e. The van der Waals surface area contributed by atoms with Crippen LogP contribution in [0.1, 0.15) is 46.5 Å². The minimum absolute atomic E-state index is 0.0162. The molecule has 0 radical (unpaired) electrons. The number of allylic oxidation sites excluding steroid dienone is 1. The van der Waals surface area contributed by atoms with Gasteiger partial charge in [0, 0.05) is 0 Å². The second-order valence-electron chi connectivity index (χ2n) is 3.93. The first-order valence-corrected chi connectivity index (χ1v) is 5.81. The lowest BCUT2D eigenvalue weighted by molar-refractivity contribution is -0.138. The molecule has 0 saturated heterocycles. The first kappa shape index (κ1) is 12.0. The van der Waals surface area contributed by atoms with Crippen molar-refractivity contribution in [2.24, 2.45) is 0 Å². The van der Waals surface area contributed by atoms with Gasteiger partial charge in [0.1, 0.15) is 6.10 Å². The second kappa shape index (κ2) is 5.74. The number of carbonyl (C=O) groups excluding carboxylic acids is 1. The van der Waals surface area contributed by atoms with Crippen LogP contribution in [0.4, 0.5) is 0 Å². The molecule has 0 aromatic rings. The van der Waals surface area contributed by atoms with Crippen LogP contribution in [0.3, 0.4) is 0 Å². The van der Waals surface area contributed by atoms with Crippen LogP contribution in [-0.2, 0) is 9.53 Å². The molecule has 2 rings (SSSR count). The van der Waals surface area contributed by atoms with Crippen molar-refractivity contribution in [2.45, 2.75) is 52.6 Å². The number of rotatable bonds is 1. The molecule has 1 heterocycles. The fourth-order valence-electron chi connectivity index (χ4n) is 1.60. The molecule has 2 heteroatoms. The molecule has 0 amide bonds. The molecule has 84 valence electrons. The van der Waals surface area contributed by atoms with E-state index < -0.39 is 0 Å². The molecule has 1 atom stereocenters. The molecule has 0 N–H and O–H groups in total. The molecule has 15 heavy (non-hydrogen) atoms. The number of esters is 1. The van der Waals surface area contributed by atoms with Gasteiger partial charge in [-0.05, 0) is 25.3 Å². The van der Waals surface area contributed by atoms with Crippen LogP contribution >= 0.6 is 0 Å². The molecule has 1 unspecified atom stereocenters. The number of hydrogen-bond donors (Lipinski definition) is 0. The van der Waals surface area contributed by atoms with E-state index in [1.807, 2.05) is 19.1 Å². The number of cyclic esters (lactones) is 1. The van der Waals surface area contributed by atoms with E-state index in [0.717, 1.165) is 18.4 Å². The Kier molecular flexibility index (Phi) is 4.60. The van der Waals surface area contributed by atoms with Crippen molar-refractivity contribution in [3.05, 3.63) is 23.3 Å². The Balaban J connectivity index is 0.000000245. The van der Waals surface area contributed by atoms with Gasteiger partial charge in [0.2, 0.25) is 0 Å². The van der Waals surface area contributed by atoms with Gasteiger partial charge in [-0.25, -0.2) is 4.79 Å². The van der Waals surface area contributed by atoms with Crippen LogP contribution in [0.25, 0.3) is 0 Å². The summed E-state index contributed by atoms with van der Waals surface area (Å²) in [5.74, 6) is -0.150. The highest BCUT2D eigenvalue weighted by molar-refractivity contribution is 5.95. The molecular formula is C13H20O2. The minimum atomic E-state index is -0.150. The van der Waals surface area contributed by atoms with E-state index in [2.05, 4.69) is 13.8 Å². The van der Waals surface area contributed by atoms with Gasteiger partial charge in [-0.15, -0.1) is 0 Å². The first-order valence-electron chi connectivity index (χ1n) is 5.81. The lowest BCUT2D eigenvalue weighted by atomic mass is 9.96. The van der Waals surface area contributed by atoms with Crippen molar-refractivity contribution in [3.8, 4) is 0 Å². The van der Waals surface area contributed by atoms with E-state index in [1.54, 1.807) is 0 Å². The number of ether oxygens (including phenoxy) is 1. The summed E-state index contributed by atoms with van der Waals surface area (Å²) in [6.07, 6.45) is 8.59. The highest BCUT2D eigenvalue weighted by atomic mass is 16.5. The van der Waals surface area contributed by atoms with Crippen molar-refractivity contribution < 1.29 is 9.53 Å². The van der Waals surface area contributed by atoms with Gasteiger partial charge in [-0.3, -0.25) is 0 Å². The quantitative estimate of drug-likeness (QED) is 0.617. The van der Waals surface area contributed by atoms with Crippen LogP contribution in [0, 0.1) is 0 Å². The normalized spacial score (nSPS) is 23.1. The van der Waals surface area contributed by atoms with Gasteiger partial charge in [-0.1, -0.05) is 38.8 Å². The molecule has 0 saturated carbocycles.